The summed E-state index contributed by atoms with van der Waals surface area (Å²) in [4.78, 5) is 22.8. The minimum Gasteiger partial charge on any atom is -0.478 e. The molecule has 0 aliphatic rings. The summed E-state index contributed by atoms with van der Waals surface area (Å²) in [6.07, 6.45) is 0. The third-order valence-electron chi connectivity index (χ3n) is 2.73. The van der Waals surface area contributed by atoms with E-state index in [1.807, 2.05) is 0 Å². The van der Waals surface area contributed by atoms with E-state index >= 15 is 0 Å². The molecule has 108 valence electrons. The second-order valence-electron chi connectivity index (χ2n) is 4.19. The van der Waals surface area contributed by atoms with Gasteiger partial charge in [0.2, 0.25) is 0 Å². The quantitative estimate of drug-likeness (QED) is 0.753. The van der Waals surface area contributed by atoms with Crippen molar-refractivity contribution in [3.63, 3.8) is 0 Å². The first kappa shape index (κ1) is 15.2. The predicted molar refractivity (Wildman–Crippen MR) is 82.2 cm³/mol. The number of amides is 1. The lowest BCUT2D eigenvalue weighted by Gasteiger charge is -2.08. The maximum atomic E-state index is 12.1. The van der Waals surface area contributed by atoms with Crippen molar-refractivity contribution >= 4 is 46.5 Å². The molecule has 0 radical (unpaired) electrons. The van der Waals surface area contributed by atoms with Crippen LogP contribution >= 0.6 is 23.2 Å². The van der Waals surface area contributed by atoms with Gasteiger partial charge in [0.05, 0.1) is 21.3 Å². The van der Waals surface area contributed by atoms with Crippen molar-refractivity contribution in [1.29, 1.82) is 0 Å². The van der Waals surface area contributed by atoms with Gasteiger partial charge in [-0.1, -0.05) is 23.2 Å². The molecule has 0 fully saturated rings. The molecule has 0 spiro atoms. The molecule has 1 amide bonds. The number of carboxylic acids is 1. The molecule has 0 heterocycles. The third kappa shape index (κ3) is 3.45. The summed E-state index contributed by atoms with van der Waals surface area (Å²) >= 11 is 11.7. The number of nitrogens with one attached hydrogen (secondary N) is 1. The number of nitrogens with two attached hydrogens (primary N) is 1. The van der Waals surface area contributed by atoms with E-state index in [-0.39, 0.29) is 26.9 Å². The van der Waals surface area contributed by atoms with E-state index in [4.69, 9.17) is 34.0 Å². The van der Waals surface area contributed by atoms with E-state index < -0.39 is 11.9 Å². The number of benzene rings is 2. The fourth-order valence-electron chi connectivity index (χ4n) is 1.61. The van der Waals surface area contributed by atoms with Crippen LogP contribution in [-0.2, 0) is 0 Å². The Balaban J connectivity index is 2.20. The highest BCUT2D eigenvalue weighted by atomic mass is 35.5. The van der Waals surface area contributed by atoms with Crippen molar-refractivity contribution < 1.29 is 14.7 Å². The highest BCUT2D eigenvalue weighted by Gasteiger charge is 2.12. The highest BCUT2D eigenvalue weighted by molar-refractivity contribution is 6.39. The standard InChI is InChI=1S/C14H10Cl2N2O3/c15-10-5-8(6-11(16)12(10)17)13(19)18-9-3-1-7(2-4-9)14(20)21/h1-6H,17H2,(H,18,19)(H,20,21). The van der Waals surface area contributed by atoms with Gasteiger partial charge in [0.15, 0.2) is 0 Å². The van der Waals surface area contributed by atoms with E-state index in [0.717, 1.165) is 0 Å². The van der Waals surface area contributed by atoms with Gasteiger partial charge in [-0.25, -0.2) is 4.79 Å². The Morgan fingerprint density at radius 3 is 2.00 bits per heavy atom. The van der Waals surface area contributed by atoms with Crippen LogP contribution in [0.15, 0.2) is 36.4 Å². The van der Waals surface area contributed by atoms with Crippen LogP contribution in [0, 0.1) is 0 Å². The molecule has 7 heteroatoms. The predicted octanol–water partition coefficient (Wildman–Crippen LogP) is 3.53. The average Bonchev–Trinajstić information content (AvgIpc) is 2.44. The Kier molecular flexibility index (Phi) is 4.35. The Labute approximate surface area is 130 Å². The number of rotatable bonds is 3. The number of hydrogen-bond acceptors (Lipinski definition) is 3. The largest absolute Gasteiger partial charge is 0.478 e. The molecular formula is C14H10Cl2N2O3. The summed E-state index contributed by atoms with van der Waals surface area (Å²) in [5.74, 6) is -1.47. The van der Waals surface area contributed by atoms with E-state index in [2.05, 4.69) is 5.32 Å². The van der Waals surface area contributed by atoms with Gasteiger partial charge in [-0.05, 0) is 36.4 Å². The zero-order valence-electron chi connectivity index (χ0n) is 10.6. The van der Waals surface area contributed by atoms with E-state index in [1.54, 1.807) is 0 Å². The van der Waals surface area contributed by atoms with Crippen molar-refractivity contribution in [2.75, 3.05) is 11.1 Å². The minimum atomic E-state index is -1.04. The van der Waals surface area contributed by atoms with Crippen molar-refractivity contribution in [2.45, 2.75) is 0 Å². The first-order valence-electron chi connectivity index (χ1n) is 5.77. The summed E-state index contributed by atoms with van der Waals surface area (Å²) in [6, 6.07) is 8.57. The minimum absolute atomic E-state index is 0.131. The molecule has 0 unspecified atom stereocenters. The number of halogens is 2. The molecule has 0 saturated carbocycles. The molecule has 21 heavy (non-hydrogen) atoms. The summed E-state index contributed by atoms with van der Waals surface area (Å²) in [6.45, 7) is 0. The topological polar surface area (TPSA) is 92.4 Å². The maximum absolute atomic E-state index is 12.1. The molecule has 0 aliphatic carbocycles. The number of hydrogen-bond donors (Lipinski definition) is 3. The molecule has 4 N–H and O–H groups in total. The SMILES string of the molecule is Nc1c(Cl)cc(C(=O)Nc2ccc(C(=O)O)cc2)cc1Cl. The molecule has 2 rings (SSSR count). The van der Waals surface area contributed by atoms with Crippen LogP contribution in [0.4, 0.5) is 11.4 Å². The number of carbonyl (C=O) groups excluding carboxylic acids is 1. The molecule has 2 aromatic carbocycles. The smallest absolute Gasteiger partial charge is 0.335 e. The molecule has 0 bridgehead atoms. The normalized spacial score (nSPS) is 10.2. The average molecular weight is 325 g/mol. The van der Waals surface area contributed by atoms with Crippen LogP contribution in [0.5, 0.6) is 0 Å². The number of nitrogen functional groups attached to an aromatic ring is 1. The van der Waals surface area contributed by atoms with Gasteiger partial charge in [0.25, 0.3) is 5.91 Å². The molecule has 0 aromatic heterocycles. The lowest BCUT2D eigenvalue weighted by atomic mass is 10.1. The Hall–Kier alpha value is -2.24. The van der Waals surface area contributed by atoms with Crippen molar-refractivity contribution in [2.24, 2.45) is 0 Å². The van der Waals surface area contributed by atoms with Gasteiger partial charge in [-0.2, -0.15) is 0 Å². The van der Waals surface area contributed by atoms with Crippen LogP contribution in [-0.4, -0.2) is 17.0 Å². The van der Waals surface area contributed by atoms with Crippen LogP contribution in [0.1, 0.15) is 20.7 Å². The molecular weight excluding hydrogens is 315 g/mol. The van der Waals surface area contributed by atoms with Crippen molar-refractivity contribution in [1.82, 2.24) is 0 Å². The second-order valence-corrected chi connectivity index (χ2v) is 5.00. The fraction of sp³-hybridized carbons (Fsp3) is 0. The van der Waals surface area contributed by atoms with Gasteiger partial charge >= 0.3 is 5.97 Å². The maximum Gasteiger partial charge on any atom is 0.335 e. The summed E-state index contributed by atoms with van der Waals surface area (Å²) in [7, 11) is 0. The number of carbonyl (C=O) groups is 2. The van der Waals surface area contributed by atoms with E-state index in [9.17, 15) is 9.59 Å². The van der Waals surface area contributed by atoms with E-state index in [0.29, 0.717) is 5.69 Å². The van der Waals surface area contributed by atoms with Crippen LogP contribution < -0.4 is 11.1 Å². The summed E-state index contributed by atoms with van der Waals surface area (Å²) in [5.41, 5.74) is 6.64. The van der Waals surface area contributed by atoms with Gasteiger partial charge in [-0.15, -0.1) is 0 Å². The van der Waals surface area contributed by atoms with Gasteiger partial charge < -0.3 is 16.2 Å². The Bertz CT molecular complexity index is 692. The zero-order valence-corrected chi connectivity index (χ0v) is 12.1. The molecule has 0 atom stereocenters. The lowest BCUT2D eigenvalue weighted by molar-refractivity contribution is 0.0696. The van der Waals surface area contributed by atoms with Crippen molar-refractivity contribution in [3.05, 3.63) is 57.6 Å². The van der Waals surface area contributed by atoms with Gasteiger partial charge in [0.1, 0.15) is 0 Å². The molecule has 0 aliphatic heterocycles. The van der Waals surface area contributed by atoms with Crippen LogP contribution in [0.25, 0.3) is 0 Å². The Morgan fingerprint density at radius 2 is 1.52 bits per heavy atom. The number of anilines is 2. The molecule has 0 saturated heterocycles. The van der Waals surface area contributed by atoms with Gasteiger partial charge in [-0.3, -0.25) is 4.79 Å². The lowest BCUT2D eigenvalue weighted by Crippen LogP contribution is -2.12. The van der Waals surface area contributed by atoms with Crippen LogP contribution in [0.2, 0.25) is 10.0 Å². The first-order chi connectivity index (χ1) is 9.88. The Morgan fingerprint density at radius 1 is 1.00 bits per heavy atom. The van der Waals surface area contributed by atoms with Crippen molar-refractivity contribution in [3.8, 4) is 0 Å². The fourth-order valence-corrected chi connectivity index (χ4v) is 2.10. The number of carboxylic acid groups (broad SMARTS) is 1. The zero-order chi connectivity index (χ0) is 15.6. The van der Waals surface area contributed by atoms with E-state index in [1.165, 1.54) is 36.4 Å². The summed E-state index contributed by atoms with van der Waals surface area (Å²) < 4.78 is 0. The van der Waals surface area contributed by atoms with Gasteiger partial charge in [0, 0.05) is 11.3 Å². The monoisotopic (exact) mass is 324 g/mol. The molecule has 2 aromatic rings. The first-order valence-corrected chi connectivity index (χ1v) is 6.53. The summed E-state index contributed by atoms with van der Waals surface area (Å²) in [5, 5.41) is 11.8. The number of aromatic carboxylic acids is 1. The second kappa shape index (κ2) is 6.03. The van der Waals surface area contributed by atoms with Crippen LogP contribution in [0.3, 0.4) is 0 Å². The molecule has 5 nitrogen and oxygen atoms in total. The third-order valence-corrected chi connectivity index (χ3v) is 3.36. The highest BCUT2D eigenvalue weighted by Crippen LogP contribution is 2.29.